The molecule has 1 aromatic carbocycles. The van der Waals surface area contributed by atoms with Crippen molar-refractivity contribution in [1.29, 1.82) is 0 Å². The molecule has 2 rings (SSSR count). The van der Waals surface area contributed by atoms with Crippen molar-refractivity contribution in [2.24, 2.45) is 0 Å². The Kier molecular flexibility index (Phi) is 5.20. The van der Waals surface area contributed by atoms with Crippen LogP contribution >= 0.6 is 23.1 Å². The molecule has 3 nitrogen and oxygen atoms in total. The number of carboxylic acid groups (broad SMARTS) is 1. The van der Waals surface area contributed by atoms with Crippen LogP contribution in [-0.2, 0) is 17.0 Å². The summed E-state index contributed by atoms with van der Waals surface area (Å²) in [7, 11) is 0. The number of aromatic nitrogens is 1. The maximum atomic E-state index is 11.4. The molecule has 0 aliphatic rings. The Labute approximate surface area is 127 Å². The molecular weight excluding hydrogens is 290 g/mol. The summed E-state index contributed by atoms with van der Waals surface area (Å²) in [6.07, 6.45) is 0.546. The van der Waals surface area contributed by atoms with E-state index in [1.807, 2.05) is 44.2 Å². The second kappa shape index (κ2) is 6.90. The van der Waals surface area contributed by atoms with Gasteiger partial charge in [-0.05, 0) is 25.8 Å². The molecular formula is C15H17NO2S2. The van der Waals surface area contributed by atoms with Crippen molar-refractivity contribution >= 4 is 29.1 Å². The summed E-state index contributed by atoms with van der Waals surface area (Å²) in [4.78, 5) is 17.0. The molecule has 0 spiro atoms. The molecule has 1 atom stereocenters. The largest absolute Gasteiger partial charge is 0.480 e. The highest BCUT2D eigenvalue weighted by molar-refractivity contribution is 7.99. The smallest absolute Gasteiger partial charge is 0.316 e. The lowest BCUT2D eigenvalue weighted by Crippen LogP contribution is -2.19. The van der Waals surface area contributed by atoms with Crippen molar-refractivity contribution in [1.82, 2.24) is 4.98 Å². The molecule has 0 saturated heterocycles. The second-order valence-corrected chi connectivity index (χ2v) is 7.06. The first-order valence-corrected chi connectivity index (χ1v) is 8.24. The summed E-state index contributed by atoms with van der Waals surface area (Å²) in [5.41, 5.74) is 2.10. The Hall–Kier alpha value is -1.33. The van der Waals surface area contributed by atoms with Crippen LogP contribution in [0.2, 0.25) is 0 Å². The molecule has 5 heteroatoms. The van der Waals surface area contributed by atoms with Gasteiger partial charge in [-0.1, -0.05) is 30.3 Å². The van der Waals surface area contributed by atoms with Crippen LogP contribution in [0.1, 0.15) is 21.1 Å². The molecule has 1 heterocycles. The van der Waals surface area contributed by atoms with Gasteiger partial charge in [0.05, 0.1) is 5.69 Å². The van der Waals surface area contributed by atoms with Crippen LogP contribution in [0.5, 0.6) is 0 Å². The fourth-order valence-electron chi connectivity index (χ4n) is 1.82. The first-order valence-electron chi connectivity index (χ1n) is 6.37. The van der Waals surface area contributed by atoms with Gasteiger partial charge >= 0.3 is 5.97 Å². The zero-order chi connectivity index (χ0) is 14.5. The zero-order valence-corrected chi connectivity index (χ0v) is 13.1. The van der Waals surface area contributed by atoms with Gasteiger partial charge in [-0.3, -0.25) is 4.79 Å². The molecule has 0 aliphatic heterocycles. The number of aliphatic carboxylic acids is 1. The highest BCUT2D eigenvalue weighted by Gasteiger charge is 2.19. The molecule has 106 valence electrons. The molecule has 2 aromatic rings. The monoisotopic (exact) mass is 307 g/mol. The molecule has 0 saturated carbocycles. The van der Waals surface area contributed by atoms with Crippen LogP contribution in [0.4, 0.5) is 0 Å². The summed E-state index contributed by atoms with van der Waals surface area (Å²) in [5.74, 6) is -0.104. The number of hydrogen-bond donors (Lipinski definition) is 1. The summed E-state index contributed by atoms with van der Waals surface area (Å²) < 4.78 is 0. The van der Waals surface area contributed by atoms with Crippen molar-refractivity contribution in [3.8, 4) is 0 Å². The fourth-order valence-corrected chi connectivity index (χ4v) is 3.85. The third-order valence-corrected chi connectivity index (χ3v) is 5.49. The van der Waals surface area contributed by atoms with Crippen LogP contribution in [-0.4, -0.2) is 21.3 Å². The van der Waals surface area contributed by atoms with Crippen molar-refractivity contribution in [3.63, 3.8) is 0 Å². The average molecular weight is 307 g/mol. The summed E-state index contributed by atoms with van der Waals surface area (Å²) in [6, 6.07) is 9.74. The maximum Gasteiger partial charge on any atom is 0.316 e. The normalized spacial score (nSPS) is 12.3. The van der Waals surface area contributed by atoms with E-state index in [4.69, 9.17) is 0 Å². The maximum absolute atomic E-state index is 11.4. The highest BCUT2D eigenvalue weighted by atomic mass is 32.2. The highest BCUT2D eigenvalue weighted by Crippen LogP contribution is 2.25. The Bertz CT molecular complexity index is 561. The predicted octanol–water partition coefficient (Wildman–Crippen LogP) is 3.69. The molecule has 0 radical (unpaired) electrons. The van der Waals surface area contributed by atoms with E-state index in [1.165, 1.54) is 16.6 Å². The zero-order valence-electron chi connectivity index (χ0n) is 11.5. The van der Waals surface area contributed by atoms with Gasteiger partial charge < -0.3 is 5.11 Å². The number of rotatable bonds is 6. The Morgan fingerprint density at radius 1 is 1.35 bits per heavy atom. The van der Waals surface area contributed by atoms with E-state index in [0.29, 0.717) is 12.2 Å². The Morgan fingerprint density at radius 3 is 2.60 bits per heavy atom. The van der Waals surface area contributed by atoms with Crippen molar-refractivity contribution < 1.29 is 9.90 Å². The Balaban J connectivity index is 1.97. The standard InChI is InChI=1S/C15H17NO2S2/c1-10-11(2)20-14(16-10)9-19-13(15(17)18)8-12-6-4-3-5-7-12/h3-7,13H,8-9H2,1-2H3,(H,17,18). The number of carboxylic acids is 1. The molecule has 0 aliphatic carbocycles. The number of thioether (sulfide) groups is 1. The van der Waals surface area contributed by atoms with E-state index < -0.39 is 11.2 Å². The van der Waals surface area contributed by atoms with Crippen LogP contribution < -0.4 is 0 Å². The summed E-state index contributed by atoms with van der Waals surface area (Å²) in [6.45, 7) is 4.03. The van der Waals surface area contributed by atoms with Gasteiger partial charge in [0.15, 0.2) is 0 Å². The second-order valence-electron chi connectivity index (χ2n) is 4.58. The van der Waals surface area contributed by atoms with Gasteiger partial charge in [0.2, 0.25) is 0 Å². The van der Waals surface area contributed by atoms with Crippen LogP contribution in [0.25, 0.3) is 0 Å². The minimum absolute atomic E-state index is 0.429. The molecule has 1 N–H and O–H groups in total. The van der Waals surface area contributed by atoms with E-state index in [9.17, 15) is 9.90 Å². The quantitative estimate of drug-likeness (QED) is 0.884. The van der Waals surface area contributed by atoms with Crippen LogP contribution in [0, 0.1) is 13.8 Å². The van der Waals surface area contributed by atoms with Gasteiger partial charge in [0.25, 0.3) is 0 Å². The molecule has 1 unspecified atom stereocenters. The van der Waals surface area contributed by atoms with Crippen molar-refractivity contribution in [2.45, 2.75) is 31.3 Å². The van der Waals surface area contributed by atoms with Gasteiger partial charge in [-0.2, -0.15) is 0 Å². The van der Waals surface area contributed by atoms with Crippen LogP contribution in [0.3, 0.4) is 0 Å². The molecule has 0 bridgehead atoms. The molecule has 1 aromatic heterocycles. The van der Waals surface area contributed by atoms with E-state index in [2.05, 4.69) is 4.98 Å². The van der Waals surface area contributed by atoms with Gasteiger partial charge in [-0.25, -0.2) is 4.98 Å². The first kappa shape index (κ1) is 15.1. The van der Waals surface area contributed by atoms with E-state index in [0.717, 1.165) is 16.3 Å². The molecule has 20 heavy (non-hydrogen) atoms. The lowest BCUT2D eigenvalue weighted by atomic mass is 10.1. The number of nitrogens with zero attached hydrogens (tertiary/aromatic N) is 1. The van der Waals surface area contributed by atoms with E-state index in [1.54, 1.807) is 11.3 Å². The predicted molar refractivity (Wildman–Crippen MR) is 84.5 cm³/mol. The van der Waals surface area contributed by atoms with Gasteiger partial charge in [0.1, 0.15) is 10.3 Å². The van der Waals surface area contributed by atoms with Crippen LogP contribution in [0.15, 0.2) is 30.3 Å². The average Bonchev–Trinajstić information content (AvgIpc) is 2.74. The SMILES string of the molecule is Cc1nc(CSC(Cc2ccccc2)C(=O)O)sc1C. The van der Waals surface area contributed by atoms with Crippen molar-refractivity contribution in [2.75, 3.05) is 0 Å². The van der Waals surface area contributed by atoms with E-state index in [-0.39, 0.29) is 0 Å². The minimum atomic E-state index is -0.760. The fraction of sp³-hybridized carbons (Fsp3) is 0.333. The lowest BCUT2D eigenvalue weighted by molar-refractivity contribution is -0.136. The minimum Gasteiger partial charge on any atom is -0.480 e. The number of benzene rings is 1. The number of carbonyl (C=O) groups is 1. The Morgan fingerprint density at radius 2 is 2.05 bits per heavy atom. The summed E-state index contributed by atoms with van der Waals surface area (Å²) >= 11 is 3.10. The van der Waals surface area contributed by atoms with Gasteiger partial charge in [-0.15, -0.1) is 23.1 Å². The summed E-state index contributed by atoms with van der Waals surface area (Å²) in [5, 5.41) is 9.91. The first-order chi connectivity index (χ1) is 9.56. The molecule has 0 fully saturated rings. The van der Waals surface area contributed by atoms with E-state index >= 15 is 0 Å². The molecule has 0 amide bonds. The topological polar surface area (TPSA) is 50.2 Å². The third-order valence-electron chi connectivity index (χ3n) is 3.02. The third kappa shape index (κ3) is 4.08. The van der Waals surface area contributed by atoms with Gasteiger partial charge in [0, 0.05) is 10.6 Å². The number of thiazole rings is 1. The number of aryl methyl sites for hydroxylation is 2. The number of hydrogen-bond acceptors (Lipinski definition) is 4. The lowest BCUT2D eigenvalue weighted by Gasteiger charge is -2.11. The van der Waals surface area contributed by atoms with Crippen molar-refractivity contribution in [3.05, 3.63) is 51.5 Å².